The lowest BCUT2D eigenvalue weighted by molar-refractivity contribution is 0.112. The van der Waals surface area contributed by atoms with Crippen molar-refractivity contribution in [3.63, 3.8) is 0 Å². The van der Waals surface area contributed by atoms with Crippen molar-refractivity contribution in [3.05, 3.63) is 42.0 Å². The first kappa shape index (κ1) is 20.6. The zero-order valence-electron chi connectivity index (χ0n) is 16.3. The molecule has 2 rings (SSSR count). The molecule has 0 aliphatic carbocycles. The van der Waals surface area contributed by atoms with E-state index in [0.717, 1.165) is 19.1 Å². The van der Waals surface area contributed by atoms with Crippen molar-refractivity contribution >= 4 is 6.29 Å². The standard InChI is InChI=1S/C22H28O5/c1-4-6-7-10-13-26-22-20(24-3)14-17(16-23)15-21(22)27-19-12-9-8-11-18(19)25-5-2/h8-9,11-12,14-16H,4-7,10,13H2,1-3H3. The second kappa shape index (κ2) is 11.1. The number of hydrogen-bond donors (Lipinski definition) is 0. The molecule has 0 aromatic heterocycles. The number of ether oxygens (including phenoxy) is 4. The number of para-hydroxylation sites is 2. The van der Waals surface area contributed by atoms with Crippen molar-refractivity contribution in [2.45, 2.75) is 39.5 Å². The van der Waals surface area contributed by atoms with Crippen LogP contribution in [-0.2, 0) is 0 Å². The Bertz CT molecular complexity index is 727. The van der Waals surface area contributed by atoms with Crippen molar-refractivity contribution in [2.75, 3.05) is 20.3 Å². The van der Waals surface area contributed by atoms with Gasteiger partial charge in [-0.3, -0.25) is 4.79 Å². The third-order valence-electron chi connectivity index (χ3n) is 4.01. The molecule has 0 spiro atoms. The Balaban J connectivity index is 2.30. The van der Waals surface area contributed by atoms with Crippen LogP contribution in [0.25, 0.3) is 0 Å². The van der Waals surface area contributed by atoms with Crippen LogP contribution < -0.4 is 18.9 Å². The minimum absolute atomic E-state index is 0.430. The van der Waals surface area contributed by atoms with Gasteiger partial charge in [-0.2, -0.15) is 0 Å². The third-order valence-corrected chi connectivity index (χ3v) is 4.01. The van der Waals surface area contributed by atoms with E-state index in [-0.39, 0.29) is 0 Å². The van der Waals surface area contributed by atoms with E-state index in [0.29, 0.717) is 47.5 Å². The topological polar surface area (TPSA) is 54.0 Å². The fourth-order valence-corrected chi connectivity index (χ4v) is 2.67. The number of carbonyl (C=O) groups excluding carboxylic acids is 1. The summed E-state index contributed by atoms with van der Waals surface area (Å²) in [5, 5.41) is 0. The lowest BCUT2D eigenvalue weighted by Gasteiger charge is -2.17. The molecule has 0 saturated carbocycles. The highest BCUT2D eigenvalue weighted by Crippen LogP contribution is 2.42. The molecule has 0 fully saturated rings. The Kier molecular flexibility index (Phi) is 8.49. The molecule has 0 aliphatic heterocycles. The van der Waals surface area contributed by atoms with Gasteiger partial charge in [-0.15, -0.1) is 0 Å². The van der Waals surface area contributed by atoms with Crippen LogP contribution >= 0.6 is 0 Å². The summed E-state index contributed by atoms with van der Waals surface area (Å²) in [6.07, 6.45) is 5.15. The van der Waals surface area contributed by atoms with Crippen LogP contribution in [0.1, 0.15) is 49.9 Å². The van der Waals surface area contributed by atoms with Crippen LogP contribution in [0.5, 0.6) is 28.7 Å². The van der Waals surface area contributed by atoms with Gasteiger partial charge in [0.15, 0.2) is 23.0 Å². The molecular formula is C22H28O5. The highest BCUT2D eigenvalue weighted by Gasteiger charge is 2.17. The van der Waals surface area contributed by atoms with E-state index in [4.69, 9.17) is 18.9 Å². The molecule has 0 unspecified atom stereocenters. The molecule has 2 aromatic carbocycles. The summed E-state index contributed by atoms with van der Waals surface area (Å²) in [5.74, 6) is 2.58. The van der Waals surface area contributed by atoms with Crippen LogP contribution in [0.4, 0.5) is 0 Å². The molecule has 0 radical (unpaired) electrons. The van der Waals surface area contributed by atoms with E-state index in [9.17, 15) is 4.79 Å². The van der Waals surface area contributed by atoms with Gasteiger partial charge in [0.2, 0.25) is 5.75 Å². The first-order valence-electron chi connectivity index (χ1n) is 9.43. The van der Waals surface area contributed by atoms with Gasteiger partial charge in [0.05, 0.1) is 20.3 Å². The van der Waals surface area contributed by atoms with E-state index in [2.05, 4.69) is 6.92 Å². The SMILES string of the molecule is CCCCCCOc1c(OC)cc(C=O)cc1Oc1ccccc1OCC. The Morgan fingerprint density at radius 1 is 0.889 bits per heavy atom. The Morgan fingerprint density at radius 2 is 1.63 bits per heavy atom. The number of unbranched alkanes of at least 4 members (excludes halogenated alkanes) is 3. The summed E-state index contributed by atoms with van der Waals surface area (Å²) < 4.78 is 23.1. The van der Waals surface area contributed by atoms with Crippen molar-refractivity contribution < 1.29 is 23.7 Å². The van der Waals surface area contributed by atoms with Crippen LogP contribution in [-0.4, -0.2) is 26.6 Å². The van der Waals surface area contributed by atoms with Gasteiger partial charge in [-0.25, -0.2) is 0 Å². The Labute approximate surface area is 161 Å². The molecule has 0 bridgehead atoms. The van der Waals surface area contributed by atoms with E-state index < -0.39 is 0 Å². The maximum Gasteiger partial charge on any atom is 0.204 e. The second-order valence-electron chi connectivity index (χ2n) is 6.06. The highest BCUT2D eigenvalue weighted by molar-refractivity contribution is 5.78. The number of methoxy groups -OCH3 is 1. The normalized spacial score (nSPS) is 10.3. The average molecular weight is 372 g/mol. The fraction of sp³-hybridized carbons (Fsp3) is 0.409. The van der Waals surface area contributed by atoms with Gasteiger partial charge < -0.3 is 18.9 Å². The van der Waals surface area contributed by atoms with E-state index in [1.807, 2.05) is 31.2 Å². The zero-order valence-corrected chi connectivity index (χ0v) is 16.3. The van der Waals surface area contributed by atoms with Gasteiger partial charge >= 0.3 is 0 Å². The first-order chi connectivity index (χ1) is 13.2. The molecule has 0 atom stereocenters. The van der Waals surface area contributed by atoms with Crippen molar-refractivity contribution in [1.29, 1.82) is 0 Å². The van der Waals surface area contributed by atoms with Crippen molar-refractivity contribution in [1.82, 2.24) is 0 Å². The smallest absolute Gasteiger partial charge is 0.204 e. The third kappa shape index (κ3) is 5.91. The lowest BCUT2D eigenvalue weighted by Crippen LogP contribution is -2.03. The molecule has 5 nitrogen and oxygen atoms in total. The first-order valence-corrected chi connectivity index (χ1v) is 9.43. The van der Waals surface area contributed by atoms with Crippen molar-refractivity contribution in [2.24, 2.45) is 0 Å². The fourth-order valence-electron chi connectivity index (χ4n) is 2.67. The van der Waals surface area contributed by atoms with E-state index in [1.54, 1.807) is 19.2 Å². The maximum atomic E-state index is 11.3. The minimum Gasteiger partial charge on any atom is -0.493 e. The quantitative estimate of drug-likeness (QED) is 0.355. The number of benzene rings is 2. The van der Waals surface area contributed by atoms with Gasteiger partial charge in [-0.05, 0) is 37.6 Å². The van der Waals surface area contributed by atoms with Gasteiger partial charge in [0, 0.05) is 5.56 Å². The largest absolute Gasteiger partial charge is 0.493 e. The predicted molar refractivity (Wildman–Crippen MR) is 106 cm³/mol. The summed E-state index contributed by atoms with van der Waals surface area (Å²) in [7, 11) is 1.55. The molecule has 27 heavy (non-hydrogen) atoms. The summed E-state index contributed by atoms with van der Waals surface area (Å²) in [6.45, 7) is 5.17. The highest BCUT2D eigenvalue weighted by atomic mass is 16.6. The molecule has 0 N–H and O–H groups in total. The van der Waals surface area contributed by atoms with E-state index in [1.165, 1.54) is 12.8 Å². The van der Waals surface area contributed by atoms with Gasteiger partial charge in [0.1, 0.15) is 6.29 Å². The molecule has 5 heteroatoms. The summed E-state index contributed by atoms with van der Waals surface area (Å²) in [6, 6.07) is 10.7. The Morgan fingerprint density at radius 3 is 2.30 bits per heavy atom. The lowest BCUT2D eigenvalue weighted by atomic mass is 10.2. The molecule has 0 heterocycles. The number of carbonyl (C=O) groups is 1. The van der Waals surface area contributed by atoms with Gasteiger partial charge in [0.25, 0.3) is 0 Å². The molecule has 2 aromatic rings. The van der Waals surface area contributed by atoms with Gasteiger partial charge in [-0.1, -0.05) is 38.3 Å². The second-order valence-corrected chi connectivity index (χ2v) is 6.06. The van der Waals surface area contributed by atoms with Crippen molar-refractivity contribution in [3.8, 4) is 28.7 Å². The molecule has 0 amide bonds. The number of rotatable bonds is 12. The summed E-state index contributed by atoms with van der Waals surface area (Å²) in [4.78, 5) is 11.3. The molecule has 146 valence electrons. The average Bonchev–Trinajstić information content (AvgIpc) is 2.70. The van der Waals surface area contributed by atoms with Crippen LogP contribution in [0.2, 0.25) is 0 Å². The Hall–Kier alpha value is -2.69. The monoisotopic (exact) mass is 372 g/mol. The number of aldehydes is 1. The summed E-state index contributed by atoms with van der Waals surface area (Å²) >= 11 is 0. The van der Waals surface area contributed by atoms with Crippen LogP contribution in [0, 0.1) is 0 Å². The maximum absolute atomic E-state index is 11.3. The summed E-state index contributed by atoms with van der Waals surface area (Å²) in [5.41, 5.74) is 0.453. The predicted octanol–water partition coefficient (Wildman–Crippen LogP) is 5.66. The van der Waals surface area contributed by atoms with Crippen LogP contribution in [0.15, 0.2) is 36.4 Å². The minimum atomic E-state index is 0.430. The molecular weight excluding hydrogens is 344 g/mol. The number of hydrogen-bond acceptors (Lipinski definition) is 5. The van der Waals surface area contributed by atoms with E-state index >= 15 is 0 Å². The van der Waals surface area contributed by atoms with Crippen LogP contribution in [0.3, 0.4) is 0 Å². The molecule has 0 aliphatic rings. The zero-order chi connectivity index (χ0) is 19.5. The molecule has 0 saturated heterocycles.